The molecular weight excluding hydrogens is 464 g/mol. The normalized spacial score (nSPS) is 31.4. The van der Waals surface area contributed by atoms with E-state index in [1.807, 2.05) is 7.05 Å². The highest BCUT2D eigenvalue weighted by atomic mass is 32.2. The van der Waals surface area contributed by atoms with E-state index in [1.165, 1.54) is 46.2 Å². The number of carbonyl (C=O) groups excluding carboxylic acids is 1. The second-order valence-electron chi connectivity index (χ2n) is 11.3. The molecule has 2 aliphatic carbocycles. The van der Waals surface area contributed by atoms with E-state index in [1.54, 1.807) is 0 Å². The minimum absolute atomic E-state index is 0.283. The Morgan fingerprint density at radius 1 is 0.886 bits per heavy atom. The van der Waals surface area contributed by atoms with Crippen molar-refractivity contribution in [1.82, 2.24) is 24.1 Å². The number of amides is 2. The van der Waals surface area contributed by atoms with Gasteiger partial charge >= 0.3 is 16.2 Å². The van der Waals surface area contributed by atoms with Gasteiger partial charge in [0.1, 0.15) is 0 Å². The molecule has 0 bridgehead atoms. The number of anilines is 1. The summed E-state index contributed by atoms with van der Waals surface area (Å²) < 4.78 is 29.0. The third-order valence-electron chi connectivity index (χ3n) is 9.13. The Morgan fingerprint density at radius 2 is 1.54 bits per heavy atom. The number of likely N-dealkylation sites (N-methyl/N-ethyl adjacent to an activating group) is 2. The van der Waals surface area contributed by atoms with Crippen LogP contribution in [0.15, 0.2) is 6.07 Å². The van der Waals surface area contributed by atoms with Crippen LogP contribution < -0.4 is 15.4 Å². The third kappa shape index (κ3) is 4.27. The monoisotopic (exact) mass is 502 g/mol. The first kappa shape index (κ1) is 23.7. The number of hydrogen-bond acceptors (Lipinski definition) is 6. The van der Waals surface area contributed by atoms with Gasteiger partial charge in [-0.2, -0.15) is 12.7 Å². The number of benzene rings is 1. The SMILES string of the molecule is CN1C[C@H]2CN(S(=O)(=O)NC(=O)Nc3c4c(cc5c3CCC5)CCC4)C[C@H]21.CN1C[C@H]2CNC[C@H]21. The fourth-order valence-corrected chi connectivity index (χ4v) is 8.29. The van der Waals surface area contributed by atoms with Crippen LogP contribution in [0.1, 0.15) is 35.1 Å². The Hall–Kier alpha value is -1.72. The number of rotatable bonds is 3. The number of carbonyl (C=O) groups is 1. The Kier molecular flexibility index (Phi) is 6.08. The van der Waals surface area contributed by atoms with Crippen LogP contribution in [0.5, 0.6) is 0 Å². The van der Waals surface area contributed by atoms with Crippen molar-refractivity contribution < 1.29 is 13.2 Å². The molecule has 0 unspecified atom stereocenters. The second-order valence-corrected chi connectivity index (χ2v) is 13.0. The van der Waals surface area contributed by atoms with Gasteiger partial charge in [0.25, 0.3) is 0 Å². The minimum Gasteiger partial charge on any atom is -0.315 e. The van der Waals surface area contributed by atoms with Gasteiger partial charge in [0.05, 0.1) is 0 Å². The number of urea groups is 1. The molecule has 1 aromatic rings. The lowest BCUT2D eigenvalue weighted by Gasteiger charge is -2.40. The van der Waals surface area contributed by atoms with Crippen LogP contribution in [0.2, 0.25) is 0 Å². The lowest BCUT2D eigenvalue weighted by molar-refractivity contribution is 0.0826. The lowest BCUT2D eigenvalue weighted by atomic mass is 9.93. The molecule has 4 aliphatic heterocycles. The minimum atomic E-state index is -3.81. The number of aryl methyl sites for hydroxylation is 2. The van der Waals surface area contributed by atoms with Crippen LogP contribution in [-0.2, 0) is 35.9 Å². The van der Waals surface area contributed by atoms with Gasteiger partial charge in [-0.15, -0.1) is 0 Å². The molecule has 4 fully saturated rings. The van der Waals surface area contributed by atoms with Crippen molar-refractivity contribution in [1.29, 1.82) is 0 Å². The van der Waals surface area contributed by atoms with Gasteiger partial charge < -0.3 is 20.4 Å². The molecule has 10 heteroatoms. The van der Waals surface area contributed by atoms with Crippen molar-refractivity contribution in [3.63, 3.8) is 0 Å². The summed E-state index contributed by atoms with van der Waals surface area (Å²) >= 11 is 0. The summed E-state index contributed by atoms with van der Waals surface area (Å²) in [5.41, 5.74) is 5.89. The zero-order chi connectivity index (χ0) is 24.3. The summed E-state index contributed by atoms with van der Waals surface area (Å²) in [6.07, 6.45) is 6.18. The smallest absolute Gasteiger partial charge is 0.315 e. The molecule has 2 amide bonds. The summed E-state index contributed by atoms with van der Waals surface area (Å²) in [5.74, 6) is 1.37. The van der Waals surface area contributed by atoms with Gasteiger partial charge in [-0.25, -0.2) is 9.52 Å². The highest BCUT2D eigenvalue weighted by molar-refractivity contribution is 7.87. The van der Waals surface area contributed by atoms with Crippen molar-refractivity contribution in [2.45, 2.75) is 50.6 Å². The van der Waals surface area contributed by atoms with Crippen molar-refractivity contribution >= 4 is 21.9 Å². The molecule has 35 heavy (non-hydrogen) atoms. The standard InChI is InChI=1S/C19H26N4O3S.C6H12N2/c1-22-9-14-10-23(11-17(14)22)27(25,26)21-19(24)20-18-15-6-2-4-12(15)8-13-5-3-7-16(13)18;1-8-4-5-2-7-3-6(5)8/h8,14,17H,2-7,9-11H2,1H3,(H2,20,21,24);5-7H,2-4H2,1H3/t14-,17+;5-,6-/m01/s1. The highest BCUT2D eigenvalue weighted by Crippen LogP contribution is 2.38. The van der Waals surface area contributed by atoms with Crippen LogP contribution in [0.25, 0.3) is 0 Å². The largest absolute Gasteiger partial charge is 0.333 e. The van der Waals surface area contributed by atoms with E-state index in [4.69, 9.17) is 0 Å². The van der Waals surface area contributed by atoms with E-state index in [2.05, 4.69) is 38.3 Å². The number of hydrogen-bond donors (Lipinski definition) is 3. The predicted molar refractivity (Wildman–Crippen MR) is 136 cm³/mol. The number of nitrogens with one attached hydrogen (secondary N) is 3. The molecule has 0 radical (unpaired) electrons. The Bertz CT molecular complexity index is 1090. The highest BCUT2D eigenvalue weighted by Gasteiger charge is 2.47. The molecule has 4 atom stereocenters. The Balaban J connectivity index is 0.000000240. The molecule has 0 aromatic heterocycles. The molecule has 6 aliphatic rings. The molecule has 0 spiro atoms. The summed E-state index contributed by atoms with van der Waals surface area (Å²) in [6, 6.07) is 2.82. The maximum Gasteiger partial charge on any atom is 0.333 e. The molecule has 4 saturated heterocycles. The van der Waals surface area contributed by atoms with Crippen LogP contribution in [-0.4, -0.2) is 94.0 Å². The van der Waals surface area contributed by atoms with Crippen LogP contribution >= 0.6 is 0 Å². The van der Waals surface area contributed by atoms with Crippen molar-refractivity contribution in [2.75, 3.05) is 58.7 Å². The van der Waals surface area contributed by atoms with E-state index >= 15 is 0 Å². The van der Waals surface area contributed by atoms with E-state index in [0.717, 1.165) is 62.7 Å². The Labute approximate surface area is 208 Å². The third-order valence-corrected chi connectivity index (χ3v) is 10.5. The first-order valence-corrected chi connectivity index (χ1v) is 14.6. The van der Waals surface area contributed by atoms with Gasteiger partial charge in [-0.05, 0) is 74.9 Å². The number of nitrogens with zero attached hydrogens (tertiary/aromatic N) is 3. The maximum atomic E-state index is 12.7. The Morgan fingerprint density at radius 3 is 2.11 bits per heavy atom. The van der Waals surface area contributed by atoms with Gasteiger partial charge in [-0.3, -0.25) is 0 Å². The van der Waals surface area contributed by atoms with Crippen molar-refractivity contribution in [3.8, 4) is 0 Å². The van der Waals surface area contributed by atoms with Crippen LogP contribution in [0, 0.1) is 11.8 Å². The molecular formula is C25H38N6O3S. The van der Waals surface area contributed by atoms with Gasteiger partial charge in [0, 0.05) is 68.9 Å². The molecule has 192 valence electrons. The summed E-state index contributed by atoms with van der Waals surface area (Å²) in [4.78, 5) is 17.2. The fraction of sp³-hybridized carbons (Fsp3) is 0.720. The second kappa shape index (κ2) is 8.99. The van der Waals surface area contributed by atoms with Gasteiger partial charge in [-0.1, -0.05) is 6.07 Å². The molecule has 3 N–H and O–H groups in total. The molecule has 0 saturated carbocycles. The number of fused-ring (bicyclic) bond motifs is 4. The quantitative estimate of drug-likeness (QED) is 0.566. The predicted octanol–water partition coefficient (Wildman–Crippen LogP) is 0.796. The fourth-order valence-electron chi connectivity index (χ4n) is 7.13. The lowest BCUT2D eigenvalue weighted by Crippen LogP contribution is -2.53. The zero-order valence-electron chi connectivity index (χ0n) is 20.8. The first-order chi connectivity index (χ1) is 16.8. The van der Waals surface area contributed by atoms with Crippen molar-refractivity contribution in [3.05, 3.63) is 28.3 Å². The van der Waals surface area contributed by atoms with E-state index < -0.39 is 16.2 Å². The van der Waals surface area contributed by atoms with Crippen molar-refractivity contribution in [2.24, 2.45) is 11.8 Å². The summed E-state index contributed by atoms with van der Waals surface area (Å²) in [5, 5.41) is 6.28. The van der Waals surface area contributed by atoms with Crippen LogP contribution in [0.4, 0.5) is 10.5 Å². The van der Waals surface area contributed by atoms with Crippen LogP contribution in [0.3, 0.4) is 0 Å². The van der Waals surface area contributed by atoms with Gasteiger partial charge in [0.2, 0.25) is 0 Å². The molecule has 1 aromatic carbocycles. The molecule has 4 heterocycles. The summed E-state index contributed by atoms with van der Waals surface area (Å²) in [7, 11) is 0.398. The molecule has 9 nitrogen and oxygen atoms in total. The van der Waals surface area contributed by atoms with E-state index in [0.29, 0.717) is 19.0 Å². The summed E-state index contributed by atoms with van der Waals surface area (Å²) in [6.45, 7) is 5.67. The van der Waals surface area contributed by atoms with E-state index in [9.17, 15) is 13.2 Å². The average molecular weight is 503 g/mol. The topological polar surface area (TPSA) is 97.0 Å². The first-order valence-electron chi connectivity index (χ1n) is 13.2. The molecule has 7 rings (SSSR count). The van der Waals surface area contributed by atoms with Gasteiger partial charge in [0.15, 0.2) is 0 Å². The average Bonchev–Trinajstić information content (AvgIpc) is 3.57. The maximum absolute atomic E-state index is 12.7. The van der Waals surface area contributed by atoms with E-state index in [-0.39, 0.29) is 6.04 Å². The number of likely N-dealkylation sites (tertiary alicyclic amines) is 2. The zero-order valence-corrected chi connectivity index (χ0v) is 21.7.